The lowest BCUT2D eigenvalue weighted by molar-refractivity contribution is -0.112. The van der Waals surface area contributed by atoms with Crippen molar-refractivity contribution in [2.24, 2.45) is 0 Å². The summed E-state index contributed by atoms with van der Waals surface area (Å²) in [6.45, 7) is 2.74. The largest absolute Gasteiger partial charge is 0.465 e. The molecule has 1 aliphatic heterocycles. The van der Waals surface area contributed by atoms with E-state index in [9.17, 15) is 9.59 Å². The summed E-state index contributed by atoms with van der Waals surface area (Å²) in [5.74, 6) is 0.682. The minimum absolute atomic E-state index is 0.0379. The molecule has 2 aromatic carbocycles. The minimum atomic E-state index is -0.348. The number of hydrogen-bond donors (Lipinski definition) is 0. The molecule has 0 saturated heterocycles. The molecule has 3 aromatic rings. The molecule has 0 N–H and O–H groups in total. The van der Waals surface area contributed by atoms with Gasteiger partial charge in [-0.05, 0) is 35.7 Å². The number of amides is 1. The molecule has 0 bridgehead atoms. The number of rotatable bonds is 6. The van der Waals surface area contributed by atoms with Crippen LogP contribution in [-0.2, 0) is 22.5 Å². The average molecular weight is 413 g/mol. The monoisotopic (exact) mass is 413 g/mol. The van der Waals surface area contributed by atoms with Crippen molar-refractivity contribution in [3.8, 4) is 0 Å². The first-order valence-electron chi connectivity index (χ1n) is 10.4. The van der Waals surface area contributed by atoms with Gasteiger partial charge in [-0.3, -0.25) is 4.79 Å². The predicted octanol–water partition coefficient (Wildman–Crippen LogP) is 3.92. The number of methoxy groups -OCH3 is 1. The van der Waals surface area contributed by atoms with Gasteiger partial charge in [0.25, 0.3) is 5.91 Å². The summed E-state index contributed by atoms with van der Waals surface area (Å²) in [6.07, 6.45) is 3.72. The van der Waals surface area contributed by atoms with E-state index in [1.807, 2.05) is 37.5 Å². The number of hydrogen-bond acceptors (Lipinski definition) is 4. The van der Waals surface area contributed by atoms with Crippen LogP contribution in [0.5, 0.6) is 0 Å². The number of anilines is 1. The van der Waals surface area contributed by atoms with Crippen LogP contribution in [0.25, 0.3) is 11.1 Å². The predicted molar refractivity (Wildman–Crippen MR) is 119 cm³/mol. The summed E-state index contributed by atoms with van der Waals surface area (Å²) in [6, 6.07) is 13.5. The second kappa shape index (κ2) is 7.23. The fourth-order valence-electron chi connectivity index (χ4n) is 4.50. The Morgan fingerprint density at radius 1 is 1.10 bits per heavy atom. The first-order chi connectivity index (χ1) is 15.0. The average Bonchev–Trinajstić information content (AvgIpc) is 3.26. The Morgan fingerprint density at radius 3 is 2.58 bits per heavy atom. The zero-order valence-corrected chi connectivity index (χ0v) is 17.8. The molecule has 2 heterocycles. The number of benzene rings is 2. The van der Waals surface area contributed by atoms with Crippen molar-refractivity contribution in [1.82, 2.24) is 9.55 Å². The van der Waals surface area contributed by atoms with Crippen molar-refractivity contribution in [3.63, 3.8) is 0 Å². The Kier molecular flexibility index (Phi) is 4.50. The molecule has 1 aliphatic carbocycles. The maximum atomic E-state index is 12.9. The molecule has 156 valence electrons. The summed E-state index contributed by atoms with van der Waals surface area (Å²) in [5.41, 5.74) is 7.44. The first kappa shape index (κ1) is 19.3. The number of ether oxygens (including phenoxy) is 1. The van der Waals surface area contributed by atoms with E-state index in [0.717, 1.165) is 57.9 Å². The highest BCUT2D eigenvalue weighted by Crippen LogP contribution is 2.53. The molecule has 6 heteroatoms. The molecular formula is C25H23N3O3. The van der Waals surface area contributed by atoms with Crippen LogP contribution in [0.2, 0.25) is 0 Å². The first-order valence-corrected chi connectivity index (χ1v) is 10.4. The van der Waals surface area contributed by atoms with Crippen molar-refractivity contribution in [3.05, 3.63) is 82.4 Å². The Morgan fingerprint density at radius 2 is 1.87 bits per heavy atom. The van der Waals surface area contributed by atoms with E-state index in [0.29, 0.717) is 12.1 Å². The quantitative estimate of drug-likeness (QED) is 0.575. The number of imidazole rings is 1. The molecular weight excluding hydrogens is 390 g/mol. The molecule has 0 unspecified atom stereocenters. The number of aryl methyl sites for hydroxylation is 1. The number of nitrogens with zero attached hydrogens (tertiary/aromatic N) is 3. The van der Waals surface area contributed by atoms with Crippen molar-refractivity contribution in [2.45, 2.75) is 26.3 Å². The van der Waals surface area contributed by atoms with Gasteiger partial charge in [0.05, 0.1) is 35.8 Å². The van der Waals surface area contributed by atoms with Gasteiger partial charge in [-0.1, -0.05) is 31.2 Å². The van der Waals surface area contributed by atoms with Gasteiger partial charge in [0.15, 0.2) is 0 Å². The standard InChI is InChI=1S/C25H23N3O3/c1-4-6-20-26-13-19(28(20)14-15-9-11-16(12-10-15)25(30)31-3)22-17-7-5-8-18-21(17)23(22)24(29)27(18)2/h5,7-13H,4,6,14H2,1-3H3. The van der Waals surface area contributed by atoms with E-state index >= 15 is 0 Å². The molecule has 6 nitrogen and oxygen atoms in total. The number of aromatic nitrogens is 2. The van der Waals surface area contributed by atoms with Gasteiger partial charge in [0, 0.05) is 31.1 Å². The molecule has 0 atom stereocenters. The van der Waals surface area contributed by atoms with E-state index in [1.165, 1.54) is 7.11 Å². The fourth-order valence-corrected chi connectivity index (χ4v) is 4.50. The highest BCUT2D eigenvalue weighted by atomic mass is 16.5. The fraction of sp³-hybridized carbons (Fsp3) is 0.240. The maximum absolute atomic E-state index is 12.9. The SMILES string of the molecule is CCCc1ncc(C2=C3C(=O)N(C)c4cccc2c43)n1Cc1ccc(C(=O)OC)cc1. The van der Waals surface area contributed by atoms with E-state index in [1.54, 1.807) is 17.0 Å². The molecule has 1 aromatic heterocycles. The number of carbonyl (C=O) groups excluding carboxylic acids is 2. The Hall–Kier alpha value is -3.67. The normalized spacial score (nSPS) is 14.0. The van der Waals surface area contributed by atoms with Crippen LogP contribution in [0.15, 0.2) is 48.7 Å². The van der Waals surface area contributed by atoms with Gasteiger partial charge >= 0.3 is 5.97 Å². The molecule has 0 saturated carbocycles. The molecule has 31 heavy (non-hydrogen) atoms. The molecule has 0 radical (unpaired) electrons. The number of esters is 1. The van der Waals surface area contributed by atoms with Crippen LogP contribution < -0.4 is 4.90 Å². The van der Waals surface area contributed by atoms with Crippen LogP contribution in [-0.4, -0.2) is 35.6 Å². The summed E-state index contributed by atoms with van der Waals surface area (Å²) in [5, 5.41) is 0. The Labute approximate surface area is 180 Å². The molecule has 5 rings (SSSR count). The third kappa shape index (κ3) is 2.82. The van der Waals surface area contributed by atoms with Crippen molar-refractivity contribution in [1.29, 1.82) is 0 Å². The van der Waals surface area contributed by atoms with Gasteiger partial charge in [-0.15, -0.1) is 0 Å². The molecule has 1 amide bonds. The maximum Gasteiger partial charge on any atom is 0.337 e. The van der Waals surface area contributed by atoms with E-state index < -0.39 is 0 Å². The third-order valence-electron chi connectivity index (χ3n) is 6.08. The summed E-state index contributed by atoms with van der Waals surface area (Å²) in [4.78, 5) is 31.1. The lowest BCUT2D eigenvalue weighted by Crippen LogP contribution is -2.22. The Bertz CT molecular complexity index is 1250. The zero-order chi connectivity index (χ0) is 21.7. The van der Waals surface area contributed by atoms with Crippen molar-refractivity contribution in [2.75, 3.05) is 19.1 Å². The highest BCUT2D eigenvalue weighted by molar-refractivity contribution is 6.44. The topological polar surface area (TPSA) is 64.4 Å². The van der Waals surface area contributed by atoms with E-state index in [2.05, 4.69) is 17.6 Å². The van der Waals surface area contributed by atoms with Gasteiger partial charge in [0.2, 0.25) is 0 Å². The van der Waals surface area contributed by atoms with Crippen molar-refractivity contribution < 1.29 is 14.3 Å². The summed E-state index contributed by atoms with van der Waals surface area (Å²) in [7, 11) is 3.20. The lowest BCUT2D eigenvalue weighted by Gasteiger charge is -2.24. The summed E-state index contributed by atoms with van der Waals surface area (Å²) < 4.78 is 6.99. The molecule has 2 aliphatic rings. The van der Waals surface area contributed by atoms with Gasteiger partial charge in [-0.25, -0.2) is 9.78 Å². The van der Waals surface area contributed by atoms with Gasteiger partial charge in [-0.2, -0.15) is 0 Å². The second-order valence-electron chi connectivity index (χ2n) is 7.90. The highest BCUT2D eigenvalue weighted by Gasteiger charge is 2.43. The van der Waals surface area contributed by atoms with Crippen LogP contribution in [0.3, 0.4) is 0 Å². The van der Waals surface area contributed by atoms with Crippen molar-refractivity contribution >= 4 is 28.7 Å². The van der Waals surface area contributed by atoms with E-state index in [4.69, 9.17) is 9.72 Å². The van der Waals surface area contributed by atoms with Crippen LogP contribution in [0.4, 0.5) is 5.69 Å². The lowest BCUT2D eigenvalue weighted by atomic mass is 9.79. The zero-order valence-electron chi connectivity index (χ0n) is 17.8. The second-order valence-corrected chi connectivity index (χ2v) is 7.90. The van der Waals surface area contributed by atoms with Crippen LogP contribution >= 0.6 is 0 Å². The van der Waals surface area contributed by atoms with Crippen LogP contribution in [0.1, 0.15) is 51.9 Å². The number of likely N-dealkylation sites (N-methyl/N-ethyl adjacent to an activating group) is 1. The number of carbonyl (C=O) groups is 2. The smallest absolute Gasteiger partial charge is 0.337 e. The minimum Gasteiger partial charge on any atom is -0.465 e. The molecule has 0 fully saturated rings. The third-order valence-corrected chi connectivity index (χ3v) is 6.08. The molecule has 0 spiro atoms. The summed E-state index contributed by atoms with van der Waals surface area (Å²) >= 11 is 0. The van der Waals surface area contributed by atoms with Gasteiger partial charge in [0.1, 0.15) is 5.82 Å². The van der Waals surface area contributed by atoms with Crippen LogP contribution in [0, 0.1) is 0 Å². The van der Waals surface area contributed by atoms with Gasteiger partial charge < -0.3 is 14.2 Å². The van der Waals surface area contributed by atoms with E-state index in [-0.39, 0.29) is 11.9 Å². The Balaban J connectivity index is 1.57.